The van der Waals surface area contributed by atoms with Crippen molar-refractivity contribution in [3.8, 4) is 17.1 Å². The Morgan fingerprint density at radius 2 is 1.97 bits per heavy atom. The van der Waals surface area contributed by atoms with Gasteiger partial charge in [0, 0.05) is 44.4 Å². The summed E-state index contributed by atoms with van der Waals surface area (Å²) in [5.74, 6) is 1.79. The van der Waals surface area contributed by atoms with Gasteiger partial charge in [-0.3, -0.25) is 4.79 Å². The Balaban J connectivity index is 1.30. The van der Waals surface area contributed by atoms with Crippen LogP contribution in [0.4, 0.5) is 18.9 Å². The molecule has 8 nitrogen and oxygen atoms in total. The molecule has 38 heavy (non-hydrogen) atoms. The molecule has 2 aromatic heterocycles. The van der Waals surface area contributed by atoms with Crippen LogP contribution in [0.1, 0.15) is 24.8 Å². The number of benzene rings is 2. The van der Waals surface area contributed by atoms with Gasteiger partial charge >= 0.3 is 6.18 Å². The summed E-state index contributed by atoms with van der Waals surface area (Å²) in [6.07, 6.45) is -0.595. The first-order valence-electron chi connectivity index (χ1n) is 12.3. The van der Waals surface area contributed by atoms with Crippen LogP contribution in [0, 0.1) is 6.92 Å². The Morgan fingerprint density at radius 3 is 2.66 bits per heavy atom. The zero-order valence-corrected chi connectivity index (χ0v) is 21.3. The summed E-state index contributed by atoms with van der Waals surface area (Å²) in [4.78, 5) is 25.6. The number of oxazole rings is 1. The SMILES string of the molecule is CC[C@@H]1CN(c2ccc(-c3cnc(C)o3)c(OC)c2)CCN1C(=O)Cn1cnc2cc(C(F)(F)F)ccc21. The van der Waals surface area contributed by atoms with Crippen molar-refractivity contribution in [3.05, 3.63) is 60.4 Å². The summed E-state index contributed by atoms with van der Waals surface area (Å²) in [7, 11) is 1.61. The Bertz CT molecular complexity index is 1460. The number of rotatable bonds is 6. The number of aromatic nitrogens is 3. The lowest BCUT2D eigenvalue weighted by atomic mass is 10.1. The third-order valence-corrected chi connectivity index (χ3v) is 6.97. The molecular weight excluding hydrogens is 499 g/mol. The van der Waals surface area contributed by atoms with Gasteiger partial charge in [-0.15, -0.1) is 0 Å². The quantitative estimate of drug-likeness (QED) is 0.345. The fourth-order valence-corrected chi connectivity index (χ4v) is 4.94. The fourth-order valence-electron chi connectivity index (χ4n) is 4.94. The maximum Gasteiger partial charge on any atom is 0.416 e. The topological polar surface area (TPSA) is 76.6 Å². The number of methoxy groups -OCH3 is 1. The van der Waals surface area contributed by atoms with Gasteiger partial charge in [0.25, 0.3) is 0 Å². The third kappa shape index (κ3) is 4.92. The molecule has 1 fully saturated rings. The number of ether oxygens (including phenoxy) is 1. The number of hydrogen-bond donors (Lipinski definition) is 0. The predicted octanol–water partition coefficient (Wildman–Crippen LogP) is 5.15. The van der Waals surface area contributed by atoms with Gasteiger partial charge in [-0.1, -0.05) is 6.92 Å². The van der Waals surface area contributed by atoms with Crippen molar-refractivity contribution >= 4 is 22.6 Å². The molecule has 1 saturated heterocycles. The smallest absolute Gasteiger partial charge is 0.416 e. The lowest BCUT2D eigenvalue weighted by Crippen LogP contribution is -2.55. The van der Waals surface area contributed by atoms with Crippen LogP contribution in [0.25, 0.3) is 22.4 Å². The van der Waals surface area contributed by atoms with Crippen LogP contribution in [0.3, 0.4) is 0 Å². The highest BCUT2D eigenvalue weighted by Crippen LogP contribution is 2.35. The highest BCUT2D eigenvalue weighted by atomic mass is 19.4. The molecule has 1 aliphatic heterocycles. The highest BCUT2D eigenvalue weighted by molar-refractivity contribution is 5.81. The van der Waals surface area contributed by atoms with E-state index in [0.717, 1.165) is 29.8 Å². The minimum Gasteiger partial charge on any atom is -0.496 e. The van der Waals surface area contributed by atoms with Gasteiger partial charge in [0.15, 0.2) is 11.7 Å². The lowest BCUT2D eigenvalue weighted by molar-refractivity contribution is -0.137. The number of halogens is 3. The molecule has 1 atom stereocenters. The molecule has 200 valence electrons. The van der Waals surface area contributed by atoms with E-state index in [1.165, 1.54) is 12.4 Å². The Kier molecular flexibility index (Phi) is 6.77. The number of aryl methyl sites for hydroxylation is 1. The van der Waals surface area contributed by atoms with Crippen LogP contribution in [0.15, 0.2) is 53.3 Å². The molecule has 0 saturated carbocycles. The van der Waals surface area contributed by atoms with Gasteiger partial charge in [-0.05, 0) is 36.8 Å². The van der Waals surface area contributed by atoms with Crippen LogP contribution in [-0.2, 0) is 17.5 Å². The molecule has 0 radical (unpaired) electrons. The summed E-state index contributed by atoms with van der Waals surface area (Å²) < 4.78 is 52.0. The van der Waals surface area contributed by atoms with E-state index >= 15 is 0 Å². The molecule has 4 aromatic rings. The fraction of sp³-hybridized carbons (Fsp3) is 0.370. The zero-order valence-electron chi connectivity index (χ0n) is 21.3. The summed E-state index contributed by atoms with van der Waals surface area (Å²) in [5, 5.41) is 0. The highest BCUT2D eigenvalue weighted by Gasteiger charge is 2.32. The Hall–Kier alpha value is -4.02. The molecule has 0 aliphatic carbocycles. The van der Waals surface area contributed by atoms with Crippen molar-refractivity contribution in [1.82, 2.24) is 19.4 Å². The van der Waals surface area contributed by atoms with Gasteiger partial charge in [-0.25, -0.2) is 9.97 Å². The Labute approximate surface area is 217 Å². The third-order valence-electron chi connectivity index (χ3n) is 6.97. The molecule has 11 heteroatoms. The molecule has 1 amide bonds. The van der Waals surface area contributed by atoms with Gasteiger partial charge in [0.05, 0.1) is 41.8 Å². The number of hydrogen-bond acceptors (Lipinski definition) is 6. The standard InChI is InChI=1S/C27H28F3N5O3/c1-4-19-14-33(20-6-7-21(24(12-20)37-3)25-13-31-17(2)38-25)9-10-35(19)26(36)15-34-16-32-22-11-18(27(28,29)30)5-8-23(22)34/h5-8,11-13,16,19H,4,9-10,14-15H2,1-3H3/t19-/m1/s1. The minimum absolute atomic E-state index is 0.0114. The zero-order chi connectivity index (χ0) is 27.0. The number of carbonyl (C=O) groups excluding carboxylic acids is 1. The van der Waals surface area contributed by atoms with Crippen LogP contribution < -0.4 is 9.64 Å². The number of imidazole rings is 1. The molecule has 3 heterocycles. The van der Waals surface area contributed by atoms with Gasteiger partial charge in [0.2, 0.25) is 5.91 Å². The summed E-state index contributed by atoms with van der Waals surface area (Å²) in [5.41, 5.74) is 1.74. The normalized spacial score (nSPS) is 16.3. The molecule has 5 rings (SSSR count). The maximum absolute atomic E-state index is 13.3. The van der Waals surface area contributed by atoms with E-state index in [4.69, 9.17) is 9.15 Å². The second kappa shape index (κ2) is 10.0. The van der Waals surface area contributed by atoms with Crippen LogP contribution in [0.2, 0.25) is 0 Å². The van der Waals surface area contributed by atoms with Crippen molar-refractivity contribution in [2.24, 2.45) is 0 Å². The van der Waals surface area contributed by atoms with E-state index in [9.17, 15) is 18.0 Å². The van der Waals surface area contributed by atoms with E-state index in [1.807, 2.05) is 30.0 Å². The molecule has 0 N–H and O–H groups in total. The number of alkyl halides is 3. The first-order chi connectivity index (χ1) is 18.2. The van der Waals surface area contributed by atoms with E-state index in [0.29, 0.717) is 42.6 Å². The first kappa shape index (κ1) is 25.6. The number of fused-ring (bicyclic) bond motifs is 1. The van der Waals surface area contributed by atoms with Crippen LogP contribution in [-0.4, -0.2) is 58.1 Å². The predicted molar refractivity (Wildman–Crippen MR) is 136 cm³/mol. The molecular formula is C27H28F3N5O3. The summed E-state index contributed by atoms with van der Waals surface area (Å²) >= 11 is 0. The van der Waals surface area contributed by atoms with Crippen molar-refractivity contribution in [2.45, 2.75) is 39.0 Å². The molecule has 0 spiro atoms. The Morgan fingerprint density at radius 1 is 1.16 bits per heavy atom. The minimum atomic E-state index is -4.44. The van der Waals surface area contributed by atoms with E-state index in [2.05, 4.69) is 14.9 Å². The second-order valence-electron chi connectivity index (χ2n) is 9.30. The van der Waals surface area contributed by atoms with E-state index < -0.39 is 11.7 Å². The number of anilines is 1. The van der Waals surface area contributed by atoms with E-state index in [-0.39, 0.29) is 24.0 Å². The summed E-state index contributed by atoms with van der Waals surface area (Å²) in [6, 6.07) is 9.28. The van der Waals surface area contributed by atoms with Crippen molar-refractivity contribution in [1.29, 1.82) is 0 Å². The number of amides is 1. The van der Waals surface area contributed by atoms with E-state index in [1.54, 1.807) is 24.8 Å². The average molecular weight is 528 g/mol. The number of nitrogens with zero attached hydrogens (tertiary/aromatic N) is 5. The van der Waals surface area contributed by atoms with Gasteiger partial charge < -0.3 is 23.5 Å². The molecule has 0 unspecified atom stereocenters. The second-order valence-corrected chi connectivity index (χ2v) is 9.30. The molecule has 0 bridgehead atoms. The maximum atomic E-state index is 13.3. The first-order valence-corrected chi connectivity index (χ1v) is 12.3. The summed E-state index contributed by atoms with van der Waals surface area (Å²) in [6.45, 7) is 5.63. The monoisotopic (exact) mass is 527 g/mol. The largest absolute Gasteiger partial charge is 0.496 e. The molecule has 1 aliphatic rings. The van der Waals surface area contributed by atoms with Crippen molar-refractivity contribution in [3.63, 3.8) is 0 Å². The number of carbonyl (C=O) groups is 1. The number of piperazine rings is 1. The van der Waals surface area contributed by atoms with Gasteiger partial charge in [0.1, 0.15) is 12.3 Å². The van der Waals surface area contributed by atoms with Crippen molar-refractivity contribution < 1.29 is 27.1 Å². The van der Waals surface area contributed by atoms with Crippen molar-refractivity contribution in [2.75, 3.05) is 31.6 Å². The van der Waals surface area contributed by atoms with Crippen LogP contribution in [0.5, 0.6) is 5.75 Å². The average Bonchev–Trinajstić information content (AvgIpc) is 3.53. The molecule has 2 aromatic carbocycles. The lowest BCUT2D eigenvalue weighted by Gasteiger charge is -2.42. The van der Waals surface area contributed by atoms with Gasteiger partial charge in [-0.2, -0.15) is 13.2 Å². The van der Waals surface area contributed by atoms with Crippen LogP contribution >= 0.6 is 0 Å².